The number of carbonyl (C=O) groups is 1. The maximum atomic E-state index is 12.1. The normalized spacial score (nSPS) is 19.1. The molecule has 1 saturated carbocycles. The van der Waals surface area contributed by atoms with Crippen molar-refractivity contribution in [3.63, 3.8) is 0 Å². The van der Waals surface area contributed by atoms with Crippen molar-refractivity contribution in [2.24, 2.45) is 21.9 Å². The van der Waals surface area contributed by atoms with E-state index in [1.165, 1.54) is 0 Å². The van der Waals surface area contributed by atoms with Crippen molar-refractivity contribution in [3.05, 3.63) is 30.3 Å². The van der Waals surface area contributed by atoms with E-state index in [-0.39, 0.29) is 22.7 Å². The third kappa shape index (κ3) is 4.54. The van der Waals surface area contributed by atoms with Gasteiger partial charge >= 0.3 is 0 Å². The van der Waals surface area contributed by atoms with E-state index in [0.29, 0.717) is 0 Å². The summed E-state index contributed by atoms with van der Waals surface area (Å²) >= 11 is 0. The number of rotatable bonds is 2. The lowest BCUT2D eigenvalue weighted by atomic mass is 10.0. The van der Waals surface area contributed by atoms with E-state index in [1.807, 2.05) is 30.3 Å². The van der Waals surface area contributed by atoms with E-state index in [2.05, 4.69) is 38.2 Å². The Labute approximate surface area is 127 Å². The van der Waals surface area contributed by atoms with Crippen LogP contribution < -0.4 is 10.5 Å². The first-order valence-corrected chi connectivity index (χ1v) is 8.66. The van der Waals surface area contributed by atoms with E-state index >= 15 is 0 Å². The van der Waals surface area contributed by atoms with Crippen LogP contribution in [0.3, 0.4) is 0 Å². The molecule has 1 aliphatic carbocycles. The lowest BCUT2D eigenvalue weighted by Gasteiger charge is -2.05. The zero-order chi connectivity index (χ0) is 16.5. The van der Waals surface area contributed by atoms with Gasteiger partial charge in [-0.1, -0.05) is 45.9 Å². The van der Waals surface area contributed by atoms with Crippen LogP contribution in [-0.2, 0) is 14.8 Å². The largest absolute Gasteiger partial charge is 0.326 e. The van der Waals surface area contributed by atoms with E-state index in [4.69, 9.17) is 0 Å². The average Bonchev–Trinajstić information content (AvgIpc) is 2.68. The van der Waals surface area contributed by atoms with Crippen LogP contribution in [0, 0.1) is 16.7 Å². The second kappa shape index (κ2) is 5.77. The van der Waals surface area contributed by atoms with Gasteiger partial charge in [0.25, 0.3) is 0 Å². The van der Waals surface area contributed by atoms with Gasteiger partial charge in [0.2, 0.25) is 15.9 Å². The van der Waals surface area contributed by atoms with Crippen molar-refractivity contribution < 1.29 is 13.2 Å². The van der Waals surface area contributed by atoms with Gasteiger partial charge in [-0.15, -0.1) is 0 Å². The fourth-order valence-corrected chi connectivity index (χ4v) is 2.59. The van der Waals surface area contributed by atoms with Gasteiger partial charge < -0.3 is 5.32 Å². The molecule has 0 unspecified atom stereocenters. The fourth-order valence-electron chi connectivity index (χ4n) is 2.59. The molecule has 6 heteroatoms. The molecule has 5 nitrogen and oxygen atoms in total. The van der Waals surface area contributed by atoms with Gasteiger partial charge in [0.05, 0.1) is 6.26 Å². The minimum Gasteiger partial charge on any atom is -0.326 e. The third-order valence-corrected chi connectivity index (χ3v) is 4.32. The molecule has 21 heavy (non-hydrogen) atoms. The molecule has 0 radical (unpaired) electrons. The predicted molar refractivity (Wildman–Crippen MR) is 85.2 cm³/mol. The molecule has 0 aliphatic heterocycles. The van der Waals surface area contributed by atoms with Gasteiger partial charge in [-0.05, 0) is 23.0 Å². The predicted octanol–water partition coefficient (Wildman–Crippen LogP) is 2.21. The first-order valence-electron chi connectivity index (χ1n) is 6.71. The van der Waals surface area contributed by atoms with Crippen molar-refractivity contribution in [2.45, 2.75) is 27.7 Å². The van der Waals surface area contributed by atoms with Gasteiger partial charge in [-0.25, -0.2) is 13.6 Å². The molecule has 0 bridgehead atoms. The summed E-state index contributed by atoms with van der Waals surface area (Å²) < 4.78 is 18.8. The minimum absolute atomic E-state index is 0.103. The molecule has 0 saturated heterocycles. The summed E-state index contributed by atoms with van der Waals surface area (Å²) in [6, 6.07) is 9.64. The molecular weight excluding hydrogens is 288 g/mol. The van der Waals surface area contributed by atoms with Crippen molar-refractivity contribution in [2.75, 3.05) is 11.6 Å². The van der Waals surface area contributed by atoms with Crippen molar-refractivity contribution >= 4 is 21.6 Å². The molecule has 0 aromatic heterocycles. The third-order valence-electron chi connectivity index (χ3n) is 4.32. The van der Waals surface area contributed by atoms with E-state index in [0.717, 1.165) is 11.9 Å². The highest BCUT2D eigenvalue weighted by Crippen LogP contribution is 2.68. The molecule has 1 aliphatic rings. The summed E-state index contributed by atoms with van der Waals surface area (Å²) in [5, 5.41) is 7.30. The maximum Gasteiger partial charge on any atom is 0.228 e. The Bertz CT molecular complexity index is 585. The molecule has 0 heterocycles. The standard InChI is InChI=1S/C14H19NO.CH5NO2S/c1-13(2)11(14(13,3)4)12(16)15-10-8-6-5-7-9-10;1-5(2,3)4/h5-9,11H,1-4H3,(H,15,16);1H3,(H2,2,3,4). The Hall–Kier alpha value is -1.40. The molecule has 1 aromatic rings. The summed E-state index contributed by atoms with van der Waals surface area (Å²) in [5.41, 5.74) is 1.09. The summed E-state index contributed by atoms with van der Waals surface area (Å²) in [4.78, 5) is 12.1. The monoisotopic (exact) mass is 312 g/mol. The Balaban J connectivity index is 0.000000383. The van der Waals surface area contributed by atoms with Gasteiger partial charge in [0, 0.05) is 11.6 Å². The lowest BCUT2D eigenvalue weighted by molar-refractivity contribution is -0.118. The fraction of sp³-hybridized carbons (Fsp3) is 0.533. The second-order valence-corrected chi connectivity index (χ2v) is 8.22. The highest BCUT2D eigenvalue weighted by Gasteiger charge is 2.68. The van der Waals surface area contributed by atoms with Crippen molar-refractivity contribution in [1.82, 2.24) is 0 Å². The Morgan fingerprint density at radius 1 is 1.10 bits per heavy atom. The highest BCUT2D eigenvalue weighted by molar-refractivity contribution is 7.88. The van der Waals surface area contributed by atoms with Gasteiger partial charge in [0.15, 0.2) is 0 Å². The van der Waals surface area contributed by atoms with E-state index in [9.17, 15) is 13.2 Å². The Kier molecular flexibility index (Phi) is 4.85. The number of nitrogens with two attached hydrogens (primary N) is 1. The molecule has 1 amide bonds. The number of primary sulfonamides is 1. The van der Waals surface area contributed by atoms with Gasteiger partial charge in [-0.3, -0.25) is 4.79 Å². The van der Waals surface area contributed by atoms with Crippen molar-refractivity contribution in [3.8, 4) is 0 Å². The molecule has 2 rings (SSSR count). The first kappa shape index (κ1) is 17.7. The summed E-state index contributed by atoms with van der Waals surface area (Å²) in [7, 11) is -3.17. The number of hydrogen-bond donors (Lipinski definition) is 2. The summed E-state index contributed by atoms with van der Waals surface area (Å²) in [5.74, 6) is 0.251. The number of amides is 1. The number of nitrogens with one attached hydrogen (secondary N) is 1. The number of carbonyl (C=O) groups excluding carboxylic acids is 1. The van der Waals surface area contributed by atoms with Crippen LogP contribution in [0.5, 0.6) is 0 Å². The van der Waals surface area contributed by atoms with Crippen LogP contribution in [0.2, 0.25) is 0 Å². The van der Waals surface area contributed by atoms with Crippen LogP contribution in [-0.4, -0.2) is 20.6 Å². The minimum atomic E-state index is -3.17. The van der Waals surface area contributed by atoms with Crippen molar-refractivity contribution in [1.29, 1.82) is 0 Å². The van der Waals surface area contributed by atoms with E-state index in [1.54, 1.807) is 0 Å². The van der Waals surface area contributed by atoms with Crippen LogP contribution >= 0.6 is 0 Å². The van der Waals surface area contributed by atoms with Crippen LogP contribution in [0.4, 0.5) is 5.69 Å². The smallest absolute Gasteiger partial charge is 0.228 e. The van der Waals surface area contributed by atoms with Crippen LogP contribution in [0.25, 0.3) is 0 Å². The molecule has 0 atom stereocenters. The number of hydrogen-bond acceptors (Lipinski definition) is 3. The highest BCUT2D eigenvalue weighted by atomic mass is 32.2. The first-order chi connectivity index (χ1) is 9.37. The number of anilines is 1. The van der Waals surface area contributed by atoms with Gasteiger partial charge in [-0.2, -0.15) is 0 Å². The average molecular weight is 312 g/mol. The number of para-hydroxylation sites is 1. The quantitative estimate of drug-likeness (QED) is 0.877. The lowest BCUT2D eigenvalue weighted by Crippen LogP contribution is -2.17. The topological polar surface area (TPSA) is 89.3 Å². The van der Waals surface area contributed by atoms with Crippen LogP contribution in [0.1, 0.15) is 27.7 Å². The molecule has 1 aromatic carbocycles. The summed E-state index contributed by atoms with van der Waals surface area (Å²) in [6.07, 6.45) is 0.938. The number of sulfonamides is 1. The molecule has 3 N–H and O–H groups in total. The molecular formula is C15H24N2O3S. The van der Waals surface area contributed by atoms with Gasteiger partial charge in [0.1, 0.15) is 0 Å². The zero-order valence-electron chi connectivity index (χ0n) is 13.2. The Morgan fingerprint density at radius 2 is 1.48 bits per heavy atom. The SMILES string of the molecule is CC1(C)C(C(=O)Nc2ccccc2)C1(C)C.CS(N)(=O)=O. The number of benzene rings is 1. The summed E-state index contributed by atoms with van der Waals surface area (Å²) in [6.45, 7) is 8.62. The van der Waals surface area contributed by atoms with Crippen LogP contribution in [0.15, 0.2) is 30.3 Å². The molecule has 0 spiro atoms. The zero-order valence-corrected chi connectivity index (χ0v) is 14.0. The Morgan fingerprint density at radius 3 is 1.81 bits per heavy atom. The van der Waals surface area contributed by atoms with E-state index < -0.39 is 10.0 Å². The molecule has 1 fully saturated rings. The molecule has 118 valence electrons. The second-order valence-electron chi connectivity index (χ2n) is 6.56. The maximum absolute atomic E-state index is 12.1.